The van der Waals surface area contributed by atoms with E-state index >= 15 is 0 Å². The van der Waals surface area contributed by atoms with Gasteiger partial charge in [-0.15, -0.1) is 0 Å². The van der Waals surface area contributed by atoms with Crippen LogP contribution >= 0.6 is 11.6 Å². The topological polar surface area (TPSA) is 40.5 Å². The second kappa shape index (κ2) is 5.61. The molecule has 1 atom stereocenters. The van der Waals surface area contributed by atoms with Gasteiger partial charge in [0.05, 0.1) is 10.6 Å². The molecule has 1 amide bonds. The molecule has 0 saturated carbocycles. The Morgan fingerprint density at radius 3 is 3.00 bits per heavy atom. The quantitative estimate of drug-likeness (QED) is 0.892. The first-order valence-electron chi connectivity index (χ1n) is 6.43. The van der Waals surface area contributed by atoms with Gasteiger partial charge >= 0.3 is 0 Å². The zero-order valence-corrected chi connectivity index (χ0v) is 11.3. The summed E-state index contributed by atoms with van der Waals surface area (Å²) < 4.78 is 0. The molecular formula is C14H18ClNO2. The van der Waals surface area contributed by atoms with Gasteiger partial charge < -0.3 is 10.0 Å². The summed E-state index contributed by atoms with van der Waals surface area (Å²) in [5.41, 5.74) is 0.400. The standard InChI is InChI=1S/C14H18ClNO2/c1-2-10-5-3-4-8-16(10)14(18)12-9-11(17)6-7-13(12)15/h6-7,9-10,17H,2-5,8H2,1H3. The Morgan fingerprint density at radius 1 is 1.50 bits per heavy atom. The van der Waals surface area contributed by atoms with Crippen molar-refractivity contribution in [2.24, 2.45) is 0 Å². The number of rotatable bonds is 2. The van der Waals surface area contributed by atoms with Crippen molar-refractivity contribution >= 4 is 17.5 Å². The highest BCUT2D eigenvalue weighted by atomic mass is 35.5. The van der Waals surface area contributed by atoms with E-state index in [4.69, 9.17) is 11.6 Å². The van der Waals surface area contributed by atoms with Crippen molar-refractivity contribution in [1.82, 2.24) is 4.90 Å². The number of carbonyl (C=O) groups excluding carboxylic acids is 1. The predicted molar refractivity (Wildman–Crippen MR) is 72.1 cm³/mol. The number of carbonyl (C=O) groups is 1. The molecule has 0 spiro atoms. The molecule has 1 fully saturated rings. The molecule has 1 aliphatic heterocycles. The number of piperidine rings is 1. The number of benzene rings is 1. The van der Waals surface area contributed by atoms with Crippen molar-refractivity contribution in [2.45, 2.75) is 38.6 Å². The fraction of sp³-hybridized carbons (Fsp3) is 0.500. The molecule has 0 aliphatic carbocycles. The number of hydrogen-bond acceptors (Lipinski definition) is 2. The maximum Gasteiger partial charge on any atom is 0.255 e. The lowest BCUT2D eigenvalue weighted by Crippen LogP contribution is -2.43. The molecule has 98 valence electrons. The van der Waals surface area contributed by atoms with Crippen molar-refractivity contribution < 1.29 is 9.90 Å². The fourth-order valence-electron chi connectivity index (χ4n) is 2.52. The number of amides is 1. The molecule has 18 heavy (non-hydrogen) atoms. The van der Waals surface area contributed by atoms with Gasteiger partial charge in [0.15, 0.2) is 0 Å². The summed E-state index contributed by atoms with van der Waals surface area (Å²) in [4.78, 5) is 14.4. The molecule has 1 aromatic rings. The maximum atomic E-state index is 12.5. The lowest BCUT2D eigenvalue weighted by atomic mass is 9.99. The molecule has 1 heterocycles. The van der Waals surface area contributed by atoms with Crippen molar-refractivity contribution in [3.63, 3.8) is 0 Å². The number of phenols is 1. The summed E-state index contributed by atoms with van der Waals surface area (Å²) in [6, 6.07) is 4.80. The van der Waals surface area contributed by atoms with Crippen LogP contribution in [0.5, 0.6) is 5.75 Å². The minimum Gasteiger partial charge on any atom is -0.508 e. The Bertz CT molecular complexity index is 447. The number of nitrogens with zero attached hydrogens (tertiary/aromatic N) is 1. The van der Waals surface area contributed by atoms with E-state index in [-0.39, 0.29) is 11.7 Å². The molecule has 2 rings (SSSR count). The molecule has 1 N–H and O–H groups in total. The zero-order valence-electron chi connectivity index (χ0n) is 10.5. The Labute approximate surface area is 112 Å². The van der Waals surface area contributed by atoms with Crippen LogP contribution in [0.1, 0.15) is 43.0 Å². The fourth-order valence-corrected chi connectivity index (χ4v) is 2.72. The molecule has 1 saturated heterocycles. The number of hydrogen-bond donors (Lipinski definition) is 1. The van der Waals surface area contributed by atoms with E-state index in [1.165, 1.54) is 18.6 Å². The molecule has 0 bridgehead atoms. The van der Waals surface area contributed by atoms with E-state index < -0.39 is 0 Å². The van der Waals surface area contributed by atoms with Gasteiger partial charge in [-0.3, -0.25) is 4.79 Å². The van der Waals surface area contributed by atoms with Crippen LogP contribution in [0.15, 0.2) is 18.2 Å². The van der Waals surface area contributed by atoms with Gasteiger partial charge in [-0.05, 0) is 43.9 Å². The number of likely N-dealkylation sites (tertiary alicyclic amines) is 1. The molecular weight excluding hydrogens is 250 g/mol. The van der Waals surface area contributed by atoms with Gasteiger partial charge in [0.1, 0.15) is 5.75 Å². The summed E-state index contributed by atoms with van der Waals surface area (Å²) in [5, 5.41) is 9.88. The SMILES string of the molecule is CCC1CCCCN1C(=O)c1cc(O)ccc1Cl. The minimum absolute atomic E-state index is 0.0672. The van der Waals surface area contributed by atoms with Crippen molar-refractivity contribution in [1.29, 1.82) is 0 Å². The average molecular weight is 268 g/mol. The summed E-state index contributed by atoms with van der Waals surface area (Å²) >= 11 is 6.04. The summed E-state index contributed by atoms with van der Waals surface area (Å²) in [7, 11) is 0. The van der Waals surface area contributed by atoms with Crippen LogP contribution in [0, 0.1) is 0 Å². The van der Waals surface area contributed by atoms with Crippen LogP contribution in [-0.4, -0.2) is 28.5 Å². The van der Waals surface area contributed by atoms with E-state index in [2.05, 4.69) is 6.92 Å². The van der Waals surface area contributed by atoms with Gasteiger partial charge in [0.2, 0.25) is 0 Å². The highest BCUT2D eigenvalue weighted by Gasteiger charge is 2.27. The Hall–Kier alpha value is -1.22. The first kappa shape index (κ1) is 13.2. The van der Waals surface area contributed by atoms with Crippen molar-refractivity contribution in [3.8, 4) is 5.75 Å². The maximum absolute atomic E-state index is 12.5. The lowest BCUT2D eigenvalue weighted by molar-refractivity contribution is 0.0608. The number of aromatic hydroxyl groups is 1. The molecule has 1 unspecified atom stereocenters. The van der Waals surface area contributed by atoms with Crippen LogP contribution < -0.4 is 0 Å². The third kappa shape index (κ3) is 2.61. The molecule has 1 aliphatic rings. The molecule has 0 aromatic heterocycles. The largest absolute Gasteiger partial charge is 0.508 e. The first-order chi connectivity index (χ1) is 8.63. The van der Waals surface area contributed by atoms with E-state index in [9.17, 15) is 9.90 Å². The minimum atomic E-state index is -0.0672. The summed E-state index contributed by atoms with van der Waals surface area (Å²) in [6.45, 7) is 2.88. The number of halogens is 1. The Balaban J connectivity index is 2.26. The van der Waals surface area contributed by atoms with Gasteiger partial charge in [-0.25, -0.2) is 0 Å². The Morgan fingerprint density at radius 2 is 2.28 bits per heavy atom. The van der Waals surface area contributed by atoms with Gasteiger partial charge in [-0.2, -0.15) is 0 Å². The van der Waals surface area contributed by atoms with E-state index in [0.29, 0.717) is 16.6 Å². The van der Waals surface area contributed by atoms with Crippen LogP contribution in [-0.2, 0) is 0 Å². The lowest BCUT2D eigenvalue weighted by Gasteiger charge is -2.35. The van der Waals surface area contributed by atoms with E-state index in [1.54, 1.807) is 6.07 Å². The highest BCUT2D eigenvalue weighted by molar-refractivity contribution is 6.33. The highest BCUT2D eigenvalue weighted by Crippen LogP contribution is 2.27. The Kier molecular flexibility index (Phi) is 4.12. The predicted octanol–water partition coefficient (Wildman–Crippen LogP) is 3.45. The van der Waals surface area contributed by atoms with Gasteiger partial charge in [0, 0.05) is 12.6 Å². The average Bonchev–Trinajstić information content (AvgIpc) is 2.40. The van der Waals surface area contributed by atoms with Crippen LogP contribution in [0.25, 0.3) is 0 Å². The van der Waals surface area contributed by atoms with Crippen LogP contribution in [0.4, 0.5) is 0 Å². The monoisotopic (exact) mass is 267 g/mol. The zero-order chi connectivity index (χ0) is 13.1. The van der Waals surface area contributed by atoms with E-state index in [0.717, 1.165) is 25.8 Å². The third-order valence-corrected chi connectivity index (χ3v) is 3.87. The second-order valence-corrected chi connectivity index (χ2v) is 5.13. The summed E-state index contributed by atoms with van der Waals surface area (Å²) in [5.74, 6) is 0.00950. The third-order valence-electron chi connectivity index (χ3n) is 3.54. The smallest absolute Gasteiger partial charge is 0.255 e. The van der Waals surface area contributed by atoms with Gasteiger partial charge in [-0.1, -0.05) is 18.5 Å². The van der Waals surface area contributed by atoms with Crippen molar-refractivity contribution in [3.05, 3.63) is 28.8 Å². The van der Waals surface area contributed by atoms with Crippen LogP contribution in [0.2, 0.25) is 5.02 Å². The summed E-state index contributed by atoms with van der Waals surface area (Å²) in [6.07, 6.45) is 4.23. The van der Waals surface area contributed by atoms with Gasteiger partial charge in [0.25, 0.3) is 5.91 Å². The first-order valence-corrected chi connectivity index (χ1v) is 6.80. The molecule has 3 nitrogen and oxygen atoms in total. The normalized spacial score (nSPS) is 19.9. The molecule has 1 aromatic carbocycles. The number of phenolic OH excluding ortho intramolecular Hbond substituents is 1. The van der Waals surface area contributed by atoms with Crippen LogP contribution in [0.3, 0.4) is 0 Å². The molecule has 0 radical (unpaired) electrons. The van der Waals surface area contributed by atoms with Crippen molar-refractivity contribution in [2.75, 3.05) is 6.54 Å². The molecule has 4 heteroatoms. The second-order valence-electron chi connectivity index (χ2n) is 4.72. The van der Waals surface area contributed by atoms with E-state index in [1.807, 2.05) is 4.90 Å².